The molecular weight excluding hydrogens is 198 g/mol. The van der Waals surface area contributed by atoms with Crippen LogP contribution in [0, 0.1) is 12.3 Å². The summed E-state index contributed by atoms with van der Waals surface area (Å²) in [4.78, 5) is 11.4. The molecule has 0 aliphatic heterocycles. The van der Waals surface area contributed by atoms with Gasteiger partial charge in [-0.1, -0.05) is 18.1 Å². The molecule has 2 nitrogen and oxygen atoms in total. The summed E-state index contributed by atoms with van der Waals surface area (Å²) in [6.07, 6.45) is 5.02. The van der Waals surface area contributed by atoms with E-state index in [0.717, 1.165) is 5.56 Å². The number of carbonyl (C=O) groups excluding carboxylic acids is 1. The highest BCUT2D eigenvalue weighted by Crippen LogP contribution is 2.06. The first kappa shape index (κ1) is 10.6. The second-order valence-corrected chi connectivity index (χ2v) is 2.98. The Balaban J connectivity index is 2.67. The van der Waals surface area contributed by atoms with Crippen molar-refractivity contribution in [2.24, 2.45) is 0 Å². The molecule has 0 atom stereocenters. The van der Waals surface area contributed by atoms with Gasteiger partial charge in [-0.3, -0.25) is 4.79 Å². The van der Waals surface area contributed by atoms with Gasteiger partial charge in [0.1, 0.15) is 0 Å². The van der Waals surface area contributed by atoms with Crippen LogP contribution < -0.4 is 5.32 Å². The van der Waals surface area contributed by atoms with E-state index in [2.05, 4.69) is 11.2 Å². The highest BCUT2D eigenvalue weighted by atomic mass is 35.5. The topological polar surface area (TPSA) is 29.1 Å². The Morgan fingerprint density at radius 1 is 1.43 bits per heavy atom. The maximum atomic E-state index is 11.4. The molecule has 1 rings (SSSR count). The molecular formula is C11H10ClNO. The van der Waals surface area contributed by atoms with Crippen LogP contribution in [0.1, 0.15) is 15.9 Å². The third-order valence-electron chi connectivity index (χ3n) is 1.72. The van der Waals surface area contributed by atoms with Gasteiger partial charge in [-0.05, 0) is 17.7 Å². The Morgan fingerprint density at radius 2 is 2.07 bits per heavy atom. The van der Waals surface area contributed by atoms with Gasteiger partial charge in [-0.2, -0.15) is 0 Å². The van der Waals surface area contributed by atoms with Crippen molar-refractivity contribution in [2.75, 3.05) is 6.54 Å². The van der Waals surface area contributed by atoms with E-state index in [1.54, 1.807) is 12.1 Å². The number of carbonyl (C=O) groups is 1. The Bertz CT molecular complexity index is 351. The summed E-state index contributed by atoms with van der Waals surface area (Å²) in [5.74, 6) is 2.63. The van der Waals surface area contributed by atoms with Gasteiger partial charge in [-0.15, -0.1) is 18.0 Å². The van der Waals surface area contributed by atoms with Crippen LogP contribution in [-0.4, -0.2) is 12.5 Å². The molecule has 0 aliphatic rings. The molecule has 3 heteroatoms. The third-order valence-corrected chi connectivity index (χ3v) is 2.03. The summed E-state index contributed by atoms with van der Waals surface area (Å²) in [7, 11) is 0. The lowest BCUT2D eigenvalue weighted by atomic mass is 10.1. The molecule has 1 N–H and O–H groups in total. The van der Waals surface area contributed by atoms with Crippen LogP contribution in [0.5, 0.6) is 0 Å². The SMILES string of the molecule is C#CCNC(=O)c1ccc(CCl)cc1. The van der Waals surface area contributed by atoms with E-state index in [9.17, 15) is 4.79 Å². The monoisotopic (exact) mass is 207 g/mol. The molecule has 72 valence electrons. The van der Waals surface area contributed by atoms with E-state index in [1.165, 1.54) is 0 Å². The van der Waals surface area contributed by atoms with E-state index in [1.807, 2.05) is 12.1 Å². The molecule has 0 fully saturated rings. The van der Waals surface area contributed by atoms with Gasteiger partial charge < -0.3 is 5.32 Å². The molecule has 0 heterocycles. The van der Waals surface area contributed by atoms with E-state index < -0.39 is 0 Å². The van der Waals surface area contributed by atoms with Crippen molar-refractivity contribution in [1.82, 2.24) is 5.32 Å². The lowest BCUT2D eigenvalue weighted by Gasteiger charge is -2.01. The zero-order chi connectivity index (χ0) is 10.4. The molecule has 0 unspecified atom stereocenters. The first-order valence-electron chi connectivity index (χ1n) is 4.14. The number of halogens is 1. The van der Waals surface area contributed by atoms with Gasteiger partial charge in [-0.25, -0.2) is 0 Å². The average molecular weight is 208 g/mol. The molecule has 0 radical (unpaired) electrons. The predicted molar refractivity (Wildman–Crippen MR) is 57.2 cm³/mol. The summed E-state index contributed by atoms with van der Waals surface area (Å²) < 4.78 is 0. The van der Waals surface area contributed by atoms with Crippen molar-refractivity contribution in [3.63, 3.8) is 0 Å². The van der Waals surface area contributed by atoms with Crippen molar-refractivity contribution < 1.29 is 4.79 Å². The van der Waals surface area contributed by atoms with Crippen LogP contribution in [0.2, 0.25) is 0 Å². The van der Waals surface area contributed by atoms with Gasteiger partial charge in [0.05, 0.1) is 6.54 Å². The smallest absolute Gasteiger partial charge is 0.252 e. The minimum absolute atomic E-state index is 0.163. The molecule has 1 amide bonds. The van der Waals surface area contributed by atoms with Crippen molar-refractivity contribution in [3.8, 4) is 12.3 Å². The first-order chi connectivity index (χ1) is 6.77. The first-order valence-corrected chi connectivity index (χ1v) is 4.68. The zero-order valence-electron chi connectivity index (χ0n) is 7.59. The Morgan fingerprint density at radius 3 is 2.57 bits per heavy atom. The normalized spacial score (nSPS) is 9.14. The molecule has 1 aromatic rings. The second kappa shape index (κ2) is 5.31. The zero-order valence-corrected chi connectivity index (χ0v) is 8.34. The fraction of sp³-hybridized carbons (Fsp3) is 0.182. The molecule has 1 aromatic carbocycles. The Kier molecular flexibility index (Phi) is 4.03. The van der Waals surface area contributed by atoms with E-state index >= 15 is 0 Å². The van der Waals surface area contributed by atoms with Crippen LogP contribution in [0.3, 0.4) is 0 Å². The lowest BCUT2D eigenvalue weighted by molar-refractivity contribution is 0.0958. The maximum absolute atomic E-state index is 11.4. The van der Waals surface area contributed by atoms with Crippen molar-refractivity contribution >= 4 is 17.5 Å². The number of rotatable bonds is 3. The lowest BCUT2D eigenvalue weighted by Crippen LogP contribution is -2.23. The summed E-state index contributed by atoms with van der Waals surface area (Å²) in [6.45, 7) is 0.246. The van der Waals surface area contributed by atoms with Crippen LogP contribution in [0.25, 0.3) is 0 Å². The van der Waals surface area contributed by atoms with Crippen molar-refractivity contribution in [3.05, 3.63) is 35.4 Å². The summed E-state index contributed by atoms with van der Waals surface area (Å²) >= 11 is 5.62. The summed E-state index contributed by atoms with van der Waals surface area (Å²) in [5.41, 5.74) is 1.58. The quantitative estimate of drug-likeness (QED) is 0.594. The highest BCUT2D eigenvalue weighted by Gasteiger charge is 2.02. The summed E-state index contributed by atoms with van der Waals surface area (Å²) in [6, 6.07) is 7.09. The number of nitrogens with one attached hydrogen (secondary N) is 1. The third kappa shape index (κ3) is 2.79. The predicted octanol–water partition coefficient (Wildman–Crippen LogP) is 1.79. The largest absolute Gasteiger partial charge is 0.341 e. The number of hydrogen-bond acceptors (Lipinski definition) is 1. The molecule has 0 saturated heterocycles. The summed E-state index contributed by atoms with van der Waals surface area (Å²) in [5, 5.41) is 2.58. The molecule has 0 saturated carbocycles. The highest BCUT2D eigenvalue weighted by molar-refractivity contribution is 6.17. The Labute approximate surface area is 88.3 Å². The van der Waals surface area contributed by atoms with E-state index in [4.69, 9.17) is 18.0 Å². The van der Waals surface area contributed by atoms with Crippen molar-refractivity contribution in [2.45, 2.75) is 5.88 Å². The Hall–Kier alpha value is -1.46. The van der Waals surface area contributed by atoms with Gasteiger partial charge in [0, 0.05) is 11.4 Å². The van der Waals surface area contributed by atoms with E-state index in [-0.39, 0.29) is 12.5 Å². The maximum Gasteiger partial charge on any atom is 0.252 e. The van der Waals surface area contributed by atoms with Crippen molar-refractivity contribution in [1.29, 1.82) is 0 Å². The van der Waals surface area contributed by atoms with Crippen LogP contribution in [0.4, 0.5) is 0 Å². The van der Waals surface area contributed by atoms with Crippen LogP contribution in [0.15, 0.2) is 24.3 Å². The minimum Gasteiger partial charge on any atom is -0.341 e. The fourth-order valence-electron chi connectivity index (χ4n) is 0.979. The number of alkyl halides is 1. The number of terminal acetylenes is 1. The standard InChI is InChI=1S/C11H10ClNO/c1-2-7-13-11(14)10-5-3-9(8-12)4-6-10/h1,3-6H,7-8H2,(H,13,14). The number of benzene rings is 1. The second-order valence-electron chi connectivity index (χ2n) is 2.72. The van der Waals surface area contributed by atoms with Gasteiger partial charge in [0.15, 0.2) is 0 Å². The molecule has 0 spiro atoms. The average Bonchev–Trinajstić information content (AvgIpc) is 2.26. The van der Waals surface area contributed by atoms with Gasteiger partial charge >= 0.3 is 0 Å². The van der Waals surface area contributed by atoms with Crippen LogP contribution >= 0.6 is 11.6 Å². The molecule has 0 bridgehead atoms. The van der Waals surface area contributed by atoms with Gasteiger partial charge in [0.25, 0.3) is 5.91 Å². The van der Waals surface area contributed by atoms with E-state index in [0.29, 0.717) is 11.4 Å². The molecule has 14 heavy (non-hydrogen) atoms. The number of amides is 1. The van der Waals surface area contributed by atoms with Crippen LogP contribution in [-0.2, 0) is 5.88 Å². The molecule has 0 aliphatic carbocycles. The molecule has 0 aromatic heterocycles. The fourth-order valence-corrected chi connectivity index (χ4v) is 1.16. The number of hydrogen-bond donors (Lipinski definition) is 1. The van der Waals surface area contributed by atoms with Gasteiger partial charge in [0.2, 0.25) is 0 Å². The minimum atomic E-state index is -0.163.